The van der Waals surface area contributed by atoms with E-state index < -0.39 is 11.7 Å². The Balaban J connectivity index is 2.04. The molecule has 5 heteroatoms. The summed E-state index contributed by atoms with van der Waals surface area (Å²) in [4.78, 5) is 22.4. The fourth-order valence-electron chi connectivity index (χ4n) is 1.91. The predicted octanol–water partition coefficient (Wildman–Crippen LogP) is 4.59. The third kappa shape index (κ3) is 5.47. The number of hydrogen-bond donors (Lipinski definition) is 2. The van der Waals surface area contributed by atoms with E-state index in [1.807, 2.05) is 45.0 Å². The second-order valence-corrected chi connectivity index (χ2v) is 6.07. The van der Waals surface area contributed by atoms with Crippen molar-refractivity contribution in [2.24, 2.45) is 0 Å². The lowest BCUT2D eigenvalue weighted by Crippen LogP contribution is -2.27. The molecule has 2 N–H and O–H groups in total. The van der Waals surface area contributed by atoms with Crippen LogP contribution in [0.2, 0.25) is 0 Å². The second-order valence-electron chi connectivity index (χ2n) is 6.07. The SMILES string of the molecule is CC(C)(C)OC(=O)Nc1cccc(Nc2ccc(C=O)cc2)c1. The van der Waals surface area contributed by atoms with Gasteiger partial charge in [0.15, 0.2) is 0 Å². The molecule has 0 spiro atoms. The minimum absolute atomic E-state index is 0.495. The van der Waals surface area contributed by atoms with Gasteiger partial charge < -0.3 is 10.1 Å². The Morgan fingerprint density at radius 3 is 2.26 bits per heavy atom. The molecule has 2 aromatic carbocycles. The highest BCUT2D eigenvalue weighted by Gasteiger charge is 2.16. The summed E-state index contributed by atoms with van der Waals surface area (Å²) in [5.74, 6) is 0. The lowest BCUT2D eigenvalue weighted by atomic mass is 10.2. The fraction of sp³-hybridized carbons (Fsp3) is 0.222. The van der Waals surface area contributed by atoms with Crippen LogP contribution in [0.1, 0.15) is 31.1 Å². The van der Waals surface area contributed by atoms with Crippen LogP contribution in [-0.4, -0.2) is 18.0 Å². The zero-order valence-corrected chi connectivity index (χ0v) is 13.4. The molecule has 0 heterocycles. The highest BCUT2D eigenvalue weighted by atomic mass is 16.6. The van der Waals surface area contributed by atoms with Crippen LogP contribution in [0.15, 0.2) is 48.5 Å². The first kappa shape index (κ1) is 16.5. The van der Waals surface area contributed by atoms with Gasteiger partial charge in [-0.3, -0.25) is 10.1 Å². The van der Waals surface area contributed by atoms with Gasteiger partial charge in [-0.05, 0) is 63.2 Å². The molecule has 2 aromatic rings. The quantitative estimate of drug-likeness (QED) is 0.810. The minimum atomic E-state index is -0.541. The first-order valence-electron chi connectivity index (χ1n) is 7.28. The van der Waals surface area contributed by atoms with E-state index >= 15 is 0 Å². The first-order valence-corrected chi connectivity index (χ1v) is 7.28. The zero-order valence-electron chi connectivity index (χ0n) is 13.4. The maximum absolute atomic E-state index is 11.8. The Hall–Kier alpha value is -2.82. The van der Waals surface area contributed by atoms with Gasteiger partial charge in [-0.1, -0.05) is 6.07 Å². The van der Waals surface area contributed by atoms with E-state index in [9.17, 15) is 9.59 Å². The van der Waals surface area contributed by atoms with Crippen molar-refractivity contribution in [1.29, 1.82) is 0 Å². The molecular weight excluding hydrogens is 292 g/mol. The van der Waals surface area contributed by atoms with Gasteiger partial charge in [0.25, 0.3) is 0 Å². The molecule has 0 aromatic heterocycles. The Kier molecular flexibility index (Phi) is 5.01. The van der Waals surface area contributed by atoms with Gasteiger partial charge in [0, 0.05) is 22.6 Å². The number of benzene rings is 2. The molecule has 5 nitrogen and oxygen atoms in total. The van der Waals surface area contributed by atoms with Crippen LogP contribution < -0.4 is 10.6 Å². The molecule has 0 aliphatic carbocycles. The Morgan fingerprint density at radius 2 is 1.65 bits per heavy atom. The van der Waals surface area contributed by atoms with E-state index in [0.29, 0.717) is 11.3 Å². The Morgan fingerprint density at radius 1 is 1.00 bits per heavy atom. The molecule has 0 fully saturated rings. The number of amides is 1. The lowest BCUT2D eigenvalue weighted by Gasteiger charge is -2.19. The van der Waals surface area contributed by atoms with Crippen LogP contribution in [0.3, 0.4) is 0 Å². The number of rotatable bonds is 4. The van der Waals surface area contributed by atoms with Crippen LogP contribution in [0.5, 0.6) is 0 Å². The maximum atomic E-state index is 11.8. The summed E-state index contributed by atoms with van der Waals surface area (Å²) in [5.41, 5.74) is 2.38. The summed E-state index contributed by atoms with van der Waals surface area (Å²) in [6, 6.07) is 14.4. The van der Waals surface area contributed by atoms with E-state index in [-0.39, 0.29) is 0 Å². The zero-order chi connectivity index (χ0) is 16.9. The number of carbonyl (C=O) groups excluding carboxylic acids is 2. The number of nitrogens with one attached hydrogen (secondary N) is 2. The second kappa shape index (κ2) is 6.96. The summed E-state index contributed by atoms with van der Waals surface area (Å²) < 4.78 is 5.22. The molecule has 0 unspecified atom stereocenters. The number of aldehydes is 1. The van der Waals surface area contributed by atoms with Crippen LogP contribution in [0.25, 0.3) is 0 Å². The predicted molar refractivity (Wildman–Crippen MR) is 91.4 cm³/mol. The minimum Gasteiger partial charge on any atom is -0.444 e. The largest absolute Gasteiger partial charge is 0.444 e. The summed E-state index contributed by atoms with van der Waals surface area (Å²) >= 11 is 0. The number of carbonyl (C=O) groups is 2. The summed E-state index contributed by atoms with van der Waals surface area (Å²) in [6.07, 6.45) is 0.305. The molecule has 120 valence electrons. The Bertz CT molecular complexity index is 688. The molecule has 0 saturated carbocycles. The van der Waals surface area contributed by atoms with Gasteiger partial charge in [-0.25, -0.2) is 4.79 Å². The van der Waals surface area contributed by atoms with Crippen molar-refractivity contribution in [2.75, 3.05) is 10.6 Å². The van der Waals surface area contributed by atoms with Crippen LogP contribution >= 0.6 is 0 Å². The lowest BCUT2D eigenvalue weighted by molar-refractivity contribution is 0.0636. The van der Waals surface area contributed by atoms with Crippen LogP contribution in [-0.2, 0) is 4.74 Å². The van der Waals surface area contributed by atoms with Crippen molar-refractivity contribution in [1.82, 2.24) is 0 Å². The summed E-state index contributed by atoms with van der Waals surface area (Å²) in [6.45, 7) is 5.44. The van der Waals surface area contributed by atoms with Crippen molar-refractivity contribution in [3.8, 4) is 0 Å². The number of hydrogen-bond acceptors (Lipinski definition) is 4. The fourth-order valence-corrected chi connectivity index (χ4v) is 1.91. The normalized spacial score (nSPS) is 10.7. The van der Waals surface area contributed by atoms with Crippen LogP contribution in [0.4, 0.5) is 21.9 Å². The average molecular weight is 312 g/mol. The van der Waals surface area contributed by atoms with Crippen molar-refractivity contribution in [3.05, 3.63) is 54.1 Å². The molecule has 0 aliphatic heterocycles. The molecule has 2 rings (SSSR count). The van der Waals surface area contributed by atoms with Crippen molar-refractivity contribution in [2.45, 2.75) is 26.4 Å². The number of ether oxygens (including phenoxy) is 1. The Labute approximate surface area is 135 Å². The highest BCUT2D eigenvalue weighted by molar-refractivity contribution is 5.86. The maximum Gasteiger partial charge on any atom is 0.412 e. The topological polar surface area (TPSA) is 67.4 Å². The summed E-state index contributed by atoms with van der Waals surface area (Å²) in [5, 5.41) is 5.90. The molecule has 0 radical (unpaired) electrons. The van der Waals surface area contributed by atoms with E-state index in [2.05, 4.69) is 10.6 Å². The summed E-state index contributed by atoms with van der Waals surface area (Å²) in [7, 11) is 0. The van der Waals surface area contributed by atoms with Gasteiger partial charge in [0.2, 0.25) is 0 Å². The molecule has 0 aliphatic rings. The molecule has 23 heavy (non-hydrogen) atoms. The van der Waals surface area contributed by atoms with Gasteiger partial charge in [-0.15, -0.1) is 0 Å². The van der Waals surface area contributed by atoms with E-state index in [0.717, 1.165) is 17.7 Å². The monoisotopic (exact) mass is 312 g/mol. The molecule has 0 bridgehead atoms. The highest BCUT2D eigenvalue weighted by Crippen LogP contribution is 2.21. The van der Waals surface area contributed by atoms with E-state index in [1.54, 1.807) is 24.3 Å². The van der Waals surface area contributed by atoms with Gasteiger partial charge in [0.05, 0.1) is 0 Å². The smallest absolute Gasteiger partial charge is 0.412 e. The van der Waals surface area contributed by atoms with Gasteiger partial charge in [0.1, 0.15) is 11.9 Å². The third-order valence-electron chi connectivity index (χ3n) is 2.84. The average Bonchev–Trinajstić information content (AvgIpc) is 2.46. The molecule has 1 amide bonds. The molecular formula is C18H20N2O3. The van der Waals surface area contributed by atoms with Gasteiger partial charge >= 0.3 is 6.09 Å². The first-order chi connectivity index (χ1) is 10.9. The van der Waals surface area contributed by atoms with Crippen molar-refractivity contribution < 1.29 is 14.3 Å². The standard InChI is InChI=1S/C18H20N2O3/c1-18(2,3)23-17(22)20-16-6-4-5-15(11-16)19-14-9-7-13(12-21)8-10-14/h4-12,19H,1-3H3,(H,20,22). The van der Waals surface area contributed by atoms with Gasteiger partial charge in [-0.2, -0.15) is 0 Å². The van der Waals surface area contributed by atoms with E-state index in [1.165, 1.54) is 0 Å². The third-order valence-corrected chi connectivity index (χ3v) is 2.84. The number of anilines is 3. The van der Waals surface area contributed by atoms with Crippen molar-refractivity contribution in [3.63, 3.8) is 0 Å². The molecule has 0 saturated heterocycles. The van der Waals surface area contributed by atoms with Crippen LogP contribution in [0, 0.1) is 0 Å². The van der Waals surface area contributed by atoms with E-state index in [4.69, 9.17) is 4.74 Å². The van der Waals surface area contributed by atoms with Crippen molar-refractivity contribution >= 4 is 29.4 Å². The molecule has 0 atom stereocenters.